The number of azide groups is 1. The lowest BCUT2D eigenvalue weighted by molar-refractivity contribution is 0.0700. The Balaban J connectivity index is 3.12. The van der Waals surface area contributed by atoms with Gasteiger partial charge in [0.1, 0.15) is 0 Å². The van der Waals surface area contributed by atoms with Crippen LogP contribution in [0.4, 0.5) is 0 Å². The Morgan fingerprint density at radius 1 is 0.926 bits per heavy atom. The number of carbonyl (C=O) groups excluding carboxylic acids is 1. The van der Waals surface area contributed by atoms with E-state index in [0.717, 1.165) is 43.7 Å². The van der Waals surface area contributed by atoms with E-state index in [4.69, 9.17) is 18.8 Å². The van der Waals surface area contributed by atoms with Gasteiger partial charge >= 0.3 is 8.80 Å². The van der Waals surface area contributed by atoms with Crippen LogP contribution in [0.2, 0.25) is 0 Å². The molecule has 7 nitrogen and oxygen atoms in total. The Morgan fingerprint density at radius 3 is 1.74 bits per heavy atom. The first kappa shape index (κ1) is 23.3. The van der Waals surface area contributed by atoms with E-state index in [9.17, 15) is 4.79 Å². The number of nitrogens with zero attached hydrogens (tertiary/aromatic N) is 3. The molecule has 0 saturated carbocycles. The van der Waals surface area contributed by atoms with Gasteiger partial charge in [-0.25, -0.2) is 0 Å². The molecular weight excluding hydrogens is 362 g/mol. The van der Waals surface area contributed by atoms with Crippen molar-refractivity contribution in [3.05, 3.63) is 40.3 Å². The molecule has 0 heterocycles. The summed E-state index contributed by atoms with van der Waals surface area (Å²) in [7, 11) is -3.07. The lowest BCUT2D eigenvalue weighted by Crippen LogP contribution is -2.57. The van der Waals surface area contributed by atoms with Gasteiger partial charge in [-0.05, 0) is 29.9 Å². The average Bonchev–Trinajstić information content (AvgIpc) is 2.68. The summed E-state index contributed by atoms with van der Waals surface area (Å²) >= 11 is 0. The number of hydrogen-bond donors (Lipinski definition) is 0. The van der Waals surface area contributed by atoms with Crippen molar-refractivity contribution in [3.8, 4) is 0 Å². The van der Waals surface area contributed by atoms with Gasteiger partial charge in [0.2, 0.25) is 5.91 Å². The first-order valence-electron chi connectivity index (χ1n) is 9.75. The van der Waals surface area contributed by atoms with Crippen LogP contribution < -0.4 is 5.19 Å². The summed E-state index contributed by atoms with van der Waals surface area (Å²) in [4.78, 5) is 14.3. The topological polar surface area (TPSA) is 93.5 Å². The molecular formula is C19H31N3O4Si. The van der Waals surface area contributed by atoms with Crippen molar-refractivity contribution < 1.29 is 18.1 Å². The van der Waals surface area contributed by atoms with Gasteiger partial charge in [0.15, 0.2) is 0 Å². The number of carbonyl (C=O) groups is 1. The van der Waals surface area contributed by atoms with Gasteiger partial charge in [-0.3, -0.25) is 4.79 Å². The molecule has 0 spiro atoms. The van der Waals surface area contributed by atoms with E-state index in [1.165, 1.54) is 0 Å². The molecule has 0 aliphatic heterocycles. The van der Waals surface area contributed by atoms with Crippen LogP contribution in [0, 0.1) is 0 Å². The summed E-state index contributed by atoms with van der Waals surface area (Å²) in [6.45, 7) is 8.04. The molecule has 0 saturated heterocycles. The van der Waals surface area contributed by atoms with E-state index in [2.05, 4.69) is 30.8 Å². The highest BCUT2D eigenvalue weighted by atomic mass is 28.4. The van der Waals surface area contributed by atoms with E-state index >= 15 is 0 Å². The molecule has 0 unspecified atom stereocenters. The summed E-state index contributed by atoms with van der Waals surface area (Å²) in [5.41, 5.74) is 8.76. The Kier molecular flexibility index (Phi) is 11.6. The van der Waals surface area contributed by atoms with E-state index in [0.29, 0.717) is 25.4 Å². The molecule has 1 aromatic rings. The third-order valence-corrected chi connectivity index (χ3v) is 6.78. The van der Waals surface area contributed by atoms with E-state index in [1.54, 1.807) is 24.3 Å². The molecule has 27 heavy (non-hydrogen) atoms. The van der Waals surface area contributed by atoms with Crippen LogP contribution in [0.3, 0.4) is 0 Å². The number of benzene rings is 1. The fraction of sp³-hybridized carbons (Fsp3) is 0.632. The van der Waals surface area contributed by atoms with Crippen molar-refractivity contribution in [1.29, 1.82) is 0 Å². The van der Waals surface area contributed by atoms with Crippen LogP contribution in [-0.4, -0.2) is 34.5 Å². The summed E-state index contributed by atoms with van der Waals surface area (Å²) in [5.74, 6) is -0.609. The molecule has 0 atom stereocenters. The van der Waals surface area contributed by atoms with Crippen LogP contribution in [0.5, 0.6) is 0 Å². The second-order valence-corrected chi connectivity index (χ2v) is 8.79. The van der Waals surface area contributed by atoms with Gasteiger partial charge in [0.25, 0.3) is 0 Å². The fourth-order valence-electron chi connectivity index (χ4n) is 2.34. The van der Waals surface area contributed by atoms with Gasteiger partial charge in [-0.2, -0.15) is 0 Å². The summed E-state index contributed by atoms with van der Waals surface area (Å²) in [5, 5.41) is 3.95. The van der Waals surface area contributed by atoms with Gasteiger partial charge in [-0.15, -0.1) is 0 Å². The summed E-state index contributed by atoms with van der Waals surface area (Å²) < 4.78 is 18.7. The number of unbranched alkanes of at least 4 members (excludes halogenated alkanes) is 3. The summed E-state index contributed by atoms with van der Waals surface area (Å²) in [6.07, 6.45) is 5.85. The maximum atomic E-state index is 11.7. The van der Waals surface area contributed by atoms with Crippen LogP contribution in [-0.2, 0) is 13.3 Å². The quantitative estimate of drug-likeness (QED) is 0.150. The van der Waals surface area contributed by atoms with Crippen LogP contribution in [0.1, 0.15) is 69.7 Å². The molecule has 0 aliphatic carbocycles. The van der Waals surface area contributed by atoms with Gasteiger partial charge in [-0.1, -0.05) is 64.3 Å². The fourth-order valence-corrected chi connectivity index (χ4v) is 4.91. The molecule has 0 radical (unpaired) electrons. The van der Waals surface area contributed by atoms with Crippen LogP contribution in [0.25, 0.3) is 10.4 Å². The minimum absolute atomic E-state index is 0.329. The van der Waals surface area contributed by atoms with Crippen molar-refractivity contribution in [2.45, 2.75) is 59.3 Å². The second kappa shape index (κ2) is 13.5. The molecule has 0 aromatic heterocycles. The molecule has 0 N–H and O–H groups in total. The minimum atomic E-state index is -3.07. The molecule has 1 amide bonds. The minimum Gasteiger partial charge on any atom is -0.370 e. The SMILES string of the molecule is CCCCO[Si](OCCCC)(OCCCC)c1ccc(C(=O)N=[N+]=[N-])cc1. The van der Waals surface area contributed by atoms with Gasteiger partial charge < -0.3 is 13.3 Å². The molecule has 1 aromatic carbocycles. The highest BCUT2D eigenvalue weighted by molar-refractivity contribution is 6.75. The number of rotatable bonds is 14. The smallest absolute Gasteiger partial charge is 0.370 e. The highest BCUT2D eigenvalue weighted by Crippen LogP contribution is 2.15. The lowest BCUT2D eigenvalue weighted by atomic mass is 10.2. The first-order chi connectivity index (χ1) is 13.1. The zero-order chi connectivity index (χ0) is 20.0. The maximum absolute atomic E-state index is 11.7. The van der Waals surface area contributed by atoms with E-state index in [1.807, 2.05) is 0 Å². The van der Waals surface area contributed by atoms with Gasteiger partial charge in [0.05, 0.1) is 0 Å². The molecule has 0 bridgehead atoms. The molecule has 1 rings (SSSR count). The van der Waals surface area contributed by atoms with Crippen molar-refractivity contribution in [2.75, 3.05) is 19.8 Å². The Morgan fingerprint density at radius 2 is 1.37 bits per heavy atom. The third-order valence-electron chi connectivity index (χ3n) is 3.99. The van der Waals surface area contributed by atoms with Crippen LogP contribution >= 0.6 is 0 Å². The number of amides is 1. The molecule has 0 fully saturated rings. The predicted molar refractivity (Wildman–Crippen MR) is 108 cm³/mol. The zero-order valence-corrected chi connectivity index (χ0v) is 17.6. The zero-order valence-electron chi connectivity index (χ0n) is 16.6. The number of hydrogen-bond acceptors (Lipinski definition) is 4. The normalized spacial score (nSPS) is 11.2. The monoisotopic (exact) mass is 393 g/mol. The third kappa shape index (κ3) is 7.82. The van der Waals surface area contributed by atoms with Gasteiger partial charge in [0, 0.05) is 35.5 Å². The highest BCUT2D eigenvalue weighted by Gasteiger charge is 2.43. The Hall–Kier alpha value is -1.70. The first-order valence-corrected chi connectivity index (χ1v) is 11.5. The summed E-state index contributed by atoms with van der Waals surface area (Å²) in [6, 6.07) is 6.83. The molecule has 0 aliphatic rings. The predicted octanol–water partition coefficient (Wildman–Crippen LogP) is 4.73. The van der Waals surface area contributed by atoms with Crippen molar-refractivity contribution >= 4 is 19.9 Å². The molecule has 8 heteroatoms. The van der Waals surface area contributed by atoms with Crippen molar-refractivity contribution in [3.63, 3.8) is 0 Å². The van der Waals surface area contributed by atoms with E-state index in [-0.39, 0.29) is 0 Å². The van der Waals surface area contributed by atoms with Crippen molar-refractivity contribution in [1.82, 2.24) is 0 Å². The average molecular weight is 394 g/mol. The Labute approximate surface area is 163 Å². The standard InChI is InChI=1S/C19H31N3O4Si/c1-4-7-14-24-27(25-15-8-5-2,26-16-9-6-3)18-12-10-17(11-13-18)19(23)21-22-20/h10-13H,4-9,14-16H2,1-3H3. The lowest BCUT2D eigenvalue weighted by Gasteiger charge is -2.30. The van der Waals surface area contributed by atoms with E-state index < -0.39 is 14.7 Å². The Bertz CT molecular complexity index is 577. The second-order valence-electron chi connectivity index (χ2n) is 6.23. The maximum Gasteiger partial charge on any atom is 0.537 e. The van der Waals surface area contributed by atoms with Crippen LogP contribution in [0.15, 0.2) is 29.4 Å². The largest absolute Gasteiger partial charge is 0.537 e. The van der Waals surface area contributed by atoms with Crippen molar-refractivity contribution in [2.24, 2.45) is 5.11 Å². The molecule has 150 valence electrons.